The quantitative estimate of drug-likeness (QED) is 0.783. The zero-order valence-corrected chi connectivity index (χ0v) is 18.6. The number of carbonyl (C=O) groups excluding carboxylic acids is 2. The number of rotatable bonds is 5. The van der Waals surface area contributed by atoms with Crippen LogP contribution < -0.4 is 14.8 Å². The van der Waals surface area contributed by atoms with Gasteiger partial charge in [-0.3, -0.25) is 9.59 Å². The summed E-state index contributed by atoms with van der Waals surface area (Å²) in [4.78, 5) is 27.9. The maximum Gasteiger partial charge on any atom is 0.254 e. The van der Waals surface area contributed by atoms with Crippen molar-refractivity contribution >= 4 is 11.8 Å². The first-order valence-electron chi connectivity index (χ1n) is 11.9. The Morgan fingerprint density at radius 2 is 1.42 bits per heavy atom. The number of carbonyl (C=O) groups is 2. The van der Waals surface area contributed by atoms with Crippen molar-refractivity contribution in [2.75, 3.05) is 27.3 Å². The second kappa shape index (κ2) is 8.36. The van der Waals surface area contributed by atoms with Gasteiger partial charge >= 0.3 is 0 Å². The number of methoxy groups -OCH3 is 2. The summed E-state index contributed by atoms with van der Waals surface area (Å²) in [5.74, 6) is 4.64. The van der Waals surface area contributed by atoms with Crippen LogP contribution >= 0.6 is 0 Å². The Bertz CT molecular complexity index is 796. The molecule has 31 heavy (non-hydrogen) atoms. The number of nitrogens with zero attached hydrogens (tertiary/aromatic N) is 1. The Balaban J connectivity index is 1.17. The van der Waals surface area contributed by atoms with Crippen LogP contribution in [0.15, 0.2) is 18.2 Å². The van der Waals surface area contributed by atoms with E-state index in [1.165, 1.54) is 32.1 Å². The number of ether oxygens (including phenoxy) is 2. The van der Waals surface area contributed by atoms with Crippen molar-refractivity contribution < 1.29 is 19.1 Å². The van der Waals surface area contributed by atoms with E-state index in [1.807, 2.05) is 4.90 Å². The molecule has 0 atom stereocenters. The Labute approximate surface area is 184 Å². The molecule has 0 aromatic heterocycles. The first-order valence-corrected chi connectivity index (χ1v) is 11.9. The average molecular weight is 427 g/mol. The number of benzene rings is 1. The van der Waals surface area contributed by atoms with Gasteiger partial charge in [-0.2, -0.15) is 0 Å². The summed E-state index contributed by atoms with van der Waals surface area (Å²) >= 11 is 0. The highest BCUT2D eigenvalue weighted by molar-refractivity contribution is 5.95. The van der Waals surface area contributed by atoms with Crippen molar-refractivity contribution in [3.8, 4) is 11.5 Å². The number of amides is 2. The van der Waals surface area contributed by atoms with Crippen LogP contribution in [0.3, 0.4) is 0 Å². The van der Waals surface area contributed by atoms with Gasteiger partial charge in [0.1, 0.15) is 11.5 Å². The molecular weight excluding hydrogens is 392 g/mol. The van der Waals surface area contributed by atoms with E-state index in [-0.39, 0.29) is 17.7 Å². The molecule has 1 heterocycles. The highest BCUT2D eigenvalue weighted by Crippen LogP contribution is 2.53. The second-order valence-electron chi connectivity index (χ2n) is 10.1. The van der Waals surface area contributed by atoms with Crippen LogP contribution in [-0.4, -0.2) is 50.1 Å². The molecule has 0 radical (unpaired) electrons. The number of hydrogen-bond acceptors (Lipinski definition) is 4. The molecule has 1 aromatic rings. The van der Waals surface area contributed by atoms with E-state index in [0.29, 0.717) is 48.0 Å². The summed E-state index contributed by atoms with van der Waals surface area (Å²) in [6.07, 6.45) is 8.14. The highest BCUT2D eigenvalue weighted by Gasteiger charge is 2.49. The minimum absolute atomic E-state index is 0.0149. The van der Waals surface area contributed by atoms with E-state index in [0.717, 1.165) is 24.7 Å². The van der Waals surface area contributed by atoms with Gasteiger partial charge in [-0.15, -0.1) is 0 Å². The highest BCUT2D eigenvalue weighted by atomic mass is 16.5. The first kappa shape index (κ1) is 20.7. The van der Waals surface area contributed by atoms with Crippen LogP contribution in [0, 0.1) is 29.6 Å². The van der Waals surface area contributed by atoms with Gasteiger partial charge in [-0.05, 0) is 80.8 Å². The standard InChI is InChI=1S/C25H34N2O4/c1-30-21-12-20(13-22(14-21)31-2)25(29)27-5-3-17(4-6-27)24(28)26-23-18-8-15-7-16(10-18)11-19(23)9-15/h12-19,23H,3-11H2,1-2H3,(H,26,28). The Kier molecular flexibility index (Phi) is 5.57. The van der Waals surface area contributed by atoms with Crippen LogP contribution in [0.2, 0.25) is 0 Å². The molecule has 1 aliphatic heterocycles. The Morgan fingerprint density at radius 1 is 0.871 bits per heavy atom. The van der Waals surface area contributed by atoms with E-state index in [4.69, 9.17) is 9.47 Å². The van der Waals surface area contributed by atoms with Gasteiger partial charge in [-0.1, -0.05) is 0 Å². The molecule has 2 amide bonds. The van der Waals surface area contributed by atoms with Crippen molar-refractivity contribution in [2.24, 2.45) is 29.6 Å². The Hall–Kier alpha value is -2.24. The second-order valence-corrected chi connectivity index (χ2v) is 10.1. The van der Waals surface area contributed by atoms with Crippen molar-refractivity contribution in [1.82, 2.24) is 10.2 Å². The first-order chi connectivity index (χ1) is 15.0. The summed E-state index contributed by atoms with van der Waals surface area (Å²) in [7, 11) is 3.16. The molecule has 6 heteroatoms. The molecule has 5 fully saturated rings. The molecule has 1 N–H and O–H groups in total. The molecular formula is C25H34N2O4. The van der Waals surface area contributed by atoms with Gasteiger partial charge in [0.2, 0.25) is 5.91 Å². The van der Waals surface area contributed by atoms with E-state index < -0.39 is 0 Å². The van der Waals surface area contributed by atoms with Gasteiger partial charge in [0.15, 0.2) is 0 Å². The lowest BCUT2D eigenvalue weighted by molar-refractivity contribution is -0.130. The number of nitrogens with one attached hydrogen (secondary N) is 1. The molecule has 0 spiro atoms. The maximum atomic E-state index is 13.1. The van der Waals surface area contributed by atoms with E-state index in [2.05, 4.69) is 5.32 Å². The number of hydrogen-bond donors (Lipinski definition) is 1. The fourth-order valence-electron chi connectivity index (χ4n) is 6.90. The number of piperidine rings is 1. The molecule has 0 unspecified atom stereocenters. The van der Waals surface area contributed by atoms with E-state index in [9.17, 15) is 9.59 Å². The molecule has 5 aliphatic rings. The van der Waals surface area contributed by atoms with Crippen molar-refractivity contribution in [3.05, 3.63) is 23.8 Å². The Morgan fingerprint density at radius 3 is 1.94 bits per heavy atom. The minimum atomic E-state index is -0.0305. The van der Waals surface area contributed by atoms with Crippen LogP contribution in [0.1, 0.15) is 55.3 Å². The van der Waals surface area contributed by atoms with Crippen LogP contribution in [0.25, 0.3) is 0 Å². The van der Waals surface area contributed by atoms with Crippen LogP contribution in [0.5, 0.6) is 11.5 Å². The van der Waals surface area contributed by atoms with E-state index >= 15 is 0 Å². The third-order valence-electron chi connectivity index (χ3n) is 8.29. The maximum absolute atomic E-state index is 13.1. The van der Waals surface area contributed by atoms with Gasteiger partial charge < -0.3 is 19.7 Å². The summed E-state index contributed by atoms with van der Waals surface area (Å²) in [6.45, 7) is 1.22. The summed E-state index contributed by atoms with van der Waals surface area (Å²) in [6, 6.07) is 5.65. The van der Waals surface area contributed by atoms with Gasteiger partial charge in [0.25, 0.3) is 5.91 Å². The predicted octanol–water partition coefficient (Wildman–Crippen LogP) is 3.50. The lowest BCUT2D eigenvalue weighted by Gasteiger charge is -2.54. The molecule has 4 bridgehead atoms. The molecule has 168 valence electrons. The molecule has 1 saturated heterocycles. The minimum Gasteiger partial charge on any atom is -0.497 e. The lowest BCUT2D eigenvalue weighted by Crippen LogP contribution is -2.57. The molecule has 4 saturated carbocycles. The van der Waals surface area contributed by atoms with Crippen LogP contribution in [0.4, 0.5) is 0 Å². The zero-order chi connectivity index (χ0) is 21.5. The largest absolute Gasteiger partial charge is 0.497 e. The van der Waals surface area contributed by atoms with Gasteiger partial charge in [0.05, 0.1) is 14.2 Å². The number of likely N-dealkylation sites (tertiary alicyclic amines) is 1. The van der Waals surface area contributed by atoms with Crippen molar-refractivity contribution in [1.29, 1.82) is 0 Å². The molecule has 4 aliphatic carbocycles. The normalized spacial score (nSPS) is 32.1. The average Bonchev–Trinajstić information content (AvgIpc) is 2.80. The monoisotopic (exact) mass is 426 g/mol. The van der Waals surface area contributed by atoms with Gasteiger partial charge in [-0.25, -0.2) is 0 Å². The third-order valence-corrected chi connectivity index (χ3v) is 8.29. The third kappa shape index (κ3) is 4.01. The SMILES string of the molecule is COc1cc(OC)cc(C(=O)N2CCC(C(=O)NC3C4CC5CC(C4)CC3C5)CC2)c1. The summed E-state index contributed by atoms with van der Waals surface area (Å²) in [5.41, 5.74) is 0.563. The van der Waals surface area contributed by atoms with Gasteiger partial charge in [0, 0.05) is 36.7 Å². The topological polar surface area (TPSA) is 67.9 Å². The lowest BCUT2D eigenvalue weighted by atomic mass is 9.54. The van der Waals surface area contributed by atoms with Crippen molar-refractivity contribution in [3.63, 3.8) is 0 Å². The summed E-state index contributed by atoms with van der Waals surface area (Å²) in [5, 5.41) is 3.46. The molecule has 6 rings (SSSR count). The molecule has 1 aromatic carbocycles. The smallest absolute Gasteiger partial charge is 0.254 e. The molecule has 6 nitrogen and oxygen atoms in total. The fraction of sp³-hybridized carbons (Fsp3) is 0.680. The van der Waals surface area contributed by atoms with Crippen molar-refractivity contribution in [2.45, 2.75) is 51.0 Å². The fourth-order valence-corrected chi connectivity index (χ4v) is 6.90. The predicted molar refractivity (Wildman–Crippen MR) is 117 cm³/mol. The van der Waals surface area contributed by atoms with Crippen LogP contribution in [-0.2, 0) is 4.79 Å². The zero-order valence-electron chi connectivity index (χ0n) is 18.6. The summed E-state index contributed by atoms with van der Waals surface area (Å²) < 4.78 is 10.6. The van der Waals surface area contributed by atoms with E-state index in [1.54, 1.807) is 32.4 Å².